The van der Waals surface area contributed by atoms with E-state index >= 15 is 0 Å². The standard InChI is InChI=1S/C26H24N2O3S/c1-3-31-20-15-14-19(16-21(20)30-2)24-22(25(29)18-12-8-5-9-13-18)23(27-26(32)28-24)17-10-6-4-7-11-17/h4-16,24H,3H2,1-2H3,(H2,27,28,32)/t24-/m1/s1. The predicted molar refractivity (Wildman–Crippen MR) is 130 cm³/mol. The summed E-state index contributed by atoms with van der Waals surface area (Å²) < 4.78 is 11.2. The number of thiocarbonyl (C=S) groups is 1. The predicted octanol–water partition coefficient (Wildman–Crippen LogP) is 4.91. The van der Waals surface area contributed by atoms with Gasteiger partial charge in [-0.15, -0.1) is 0 Å². The second-order valence-corrected chi connectivity index (χ2v) is 7.63. The number of carbonyl (C=O) groups is 1. The molecule has 0 spiro atoms. The van der Waals surface area contributed by atoms with Gasteiger partial charge in [-0.05, 0) is 42.4 Å². The summed E-state index contributed by atoms with van der Waals surface area (Å²) in [4.78, 5) is 13.8. The number of carbonyl (C=O) groups excluding carboxylic acids is 1. The van der Waals surface area contributed by atoms with E-state index in [0.29, 0.717) is 40.1 Å². The van der Waals surface area contributed by atoms with Gasteiger partial charge in [0, 0.05) is 5.56 Å². The molecule has 2 N–H and O–H groups in total. The summed E-state index contributed by atoms with van der Waals surface area (Å²) in [5.74, 6) is 1.17. The van der Waals surface area contributed by atoms with E-state index in [1.807, 2.05) is 85.8 Å². The first-order valence-corrected chi connectivity index (χ1v) is 10.8. The Kier molecular flexibility index (Phi) is 6.52. The summed E-state index contributed by atoms with van der Waals surface area (Å²) in [6.45, 7) is 2.45. The molecule has 0 radical (unpaired) electrons. The molecule has 5 nitrogen and oxygen atoms in total. The van der Waals surface area contributed by atoms with Crippen LogP contribution in [0.25, 0.3) is 5.70 Å². The maximum absolute atomic E-state index is 13.8. The highest BCUT2D eigenvalue weighted by Gasteiger charge is 2.33. The van der Waals surface area contributed by atoms with Gasteiger partial charge in [0.2, 0.25) is 0 Å². The Morgan fingerprint density at radius 2 is 1.66 bits per heavy atom. The van der Waals surface area contributed by atoms with Crippen LogP contribution in [0, 0.1) is 0 Å². The summed E-state index contributed by atoms with van der Waals surface area (Å²) >= 11 is 5.52. The first kappa shape index (κ1) is 21.6. The number of methoxy groups -OCH3 is 1. The van der Waals surface area contributed by atoms with Crippen molar-refractivity contribution in [3.05, 3.63) is 101 Å². The minimum atomic E-state index is -0.462. The van der Waals surface area contributed by atoms with Crippen molar-refractivity contribution in [2.45, 2.75) is 13.0 Å². The summed E-state index contributed by atoms with van der Waals surface area (Å²) in [7, 11) is 1.60. The number of nitrogens with one attached hydrogen (secondary N) is 2. The third-order valence-corrected chi connectivity index (χ3v) is 5.46. The zero-order chi connectivity index (χ0) is 22.5. The summed E-state index contributed by atoms with van der Waals surface area (Å²) in [6, 6.07) is 24.2. The largest absolute Gasteiger partial charge is 0.493 e. The van der Waals surface area contributed by atoms with Crippen LogP contribution in [0.1, 0.15) is 34.5 Å². The Morgan fingerprint density at radius 3 is 2.31 bits per heavy atom. The van der Waals surface area contributed by atoms with Gasteiger partial charge >= 0.3 is 0 Å². The van der Waals surface area contributed by atoms with Crippen LogP contribution in [-0.4, -0.2) is 24.6 Å². The van der Waals surface area contributed by atoms with Gasteiger partial charge in [-0.1, -0.05) is 66.7 Å². The van der Waals surface area contributed by atoms with E-state index in [4.69, 9.17) is 21.7 Å². The Bertz CT molecular complexity index is 1160. The van der Waals surface area contributed by atoms with Crippen LogP contribution in [0.3, 0.4) is 0 Å². The fraction of sp³-hybridized carbons (Fsp3) is 0.154. The third-order valence-electron chi connectivity index (χ3n) is 5.24. The number of Topliss-reactive ketones (excluding diaryl/α,β-unsaturated/α-hetero) is 1. The molecular weight excluding hydrogens is 420 g/mol. The molecule has 0 saturated carbocycles. The lowest BCUT2D eigenvalue weighted by Gasteiger charge is -2.32. The summed E-state index contributed by atoms with van der Waals surface area (Å²) in [6.07, 6.45) is 0. The molecule has 32 heavy (non-hydrogen) atoms. The third kappa shape index (κ3) is 4.36. The molecule has 1 aliphatic heterocycles. The molecule has 3 aromatic rings. The number of rotatable bonds is 7. The van der Waals surface area contributed by atoms with Crippen LogP contribution in [0.15, 0.2) is 84.4 Å². The zero-order valence-electron chi connectivity index (χ0n) is 17.9. The maximum Gasteiger partial charge on any atom is 0.193 e. The van der Waals surface area contributed by atoms with Gasteiger partial charge in [0.1, 0.15) is 0 Å². The monoisotopic (exact) mass is 444 g/mol. The minimum Gasteiger partial charge on any atom is -0.493 e. The van der Waals surface area contributed by atoms with E-state index in [-0.39, 0.29) is 5.78 Å². The van der Waals surface area contributed by atoms with Gasteiger partial charge in [0.05, 0.1) is 31.0 Å². The van der Waals surface area contributed by atoms with E-state index < -0.39 is 6.04 Å². The first-order chi connectivity index (χ1) is 15.6. The molecule has 1 heterocycles. The minimum absolute atomic E-state index is 0.0789. The van der Waals surface area contributed by atoms with Crippen LogP contribution < -0.4 is 20.1 Å². The van der Waals surface area contributed by atoms with Gasteiger partial charge in [0.25, 0.3) is 0 Å². The molecular formula is C26H24N2O3S. The number of hydrogen-bond acceptors (Lipinski definition) is 4. The number of ether oxygens (including phenoxy) is 2. The zero-order valence-corrected chi connectivity index (χ0v) is 18.7. The molecule has 0 saturated heterocycles. The molecule has 0 aliphatic carbocycles. The smallest absolute Gasteiger partial charge is 0.193 e. The molecule has 162 valence electrons. The summed E-state index contributed by atoms with van der Waals surface area (Å²) in [5, 5.41) is 6.95. The number of ketones is 1. The molecule has 0 amide bonds. The second kappa shape index (κ2) is 9.66. The van der Waals surface area contributed by atoms with Gasteiger partial charge in [0.15, 0.2) is 22.4 Å². The van der Waals surface area contributed by atoms with Crippen molar-refractivity contribution in [1.29, 1.82) is 0 Å². The molecule has 1 atom stereocenters. The van der Waals surface area contributed by atoms with Crippen molar-refractivity contribution < 1.29 is 14.3 Å². The number of benzene rings is 3. The molecule has 1 aliphatic rings. The molecule has 0 fully saturated rings. The van der Waals surface area contributed by atoms with Gasteiger partial charge in [-0.25, -0.2) is 0 Å². The van der Waals surface area contributed by atoms with E-state index in [0.717, 1.165) is 11.1 Å². The van der Waals surface area contributed by atoms with Crippen LogP contribution in [0.2, 0.25) is 0 Å². The highest BCUT2D eigenvalue weighted by atomic mass is 32.1. The van der Waals surface area contributed by atoms with Crippen molar-refractivity contribution in [3.63, 3.8) is 0 Å². The highest BCUT2D eigenvalue weighted by molar-refractivity contribution is 7.80. The first-order valence-electron chi connectivity index (χ1n) is 10.4. The molecule has 6 heteroatoms. The molecule has 0 bridgehead atoms. The van der Waals surface area contributed by atoms with E-state index in [1.165, 1.54) is 0 Å². The lowest BCUT2D eigenvalue weighted by molar-refractivity contribution is 0.102. The van der Waals surface area contributed by atoms with Crippen LogP contribution in [0.5, 0.6) is 11.5 Å². The van der Waals surface area contributed by atoms with Gasteiger partial charge < -0.3 is 20.1 Å². The van der Waals surface area contributed by atoms with Crippen molar-refractivity contribution in [2.24, 2.45) is 0 Å². The molecule has 0 aromatic heterocycles. The average Bonchev–Trinajstić information content (AvgIpc) is 2.84. The quantitative estimate of drug-likeness (QED) is 0.399. The maximum atomic E-state index is 13.8. The van der Waals surface area contributed by atoms with Crippen molar-refractivity contribution in [3.8, 4) is 11.5 Å². The van der Waals surface area contributed by atoms with Crippen LogP contribution in [0.4, 0.5) is 0 Å². The Morgan fingerprint density at radius 1 is 0.969 bits per heavy atom. The lowest BCUT2D eigenvalue weighted by atomic mass is 9.87. The van der Waals surface area contributed by atoms with Crippen LogP contribution >= 0.6 is 12.2 Å². The second-order valence-electron chi connectivity index (χ2n) is 7.22. The number of hydrogen-bond donors (Lipinski definition) is 2. The van der Waals surface area contributed by atoms with Crippen LogP contribution in [-0.2, 0) is 0 Å². The van der Waals surface area contributed by atoms with Crippen molar-refractivity contribution in [2.75, 3.05) is 13.7 Å². The Hall–Kier alpha value is -3.64. The van der Waals surface area contributed by atoms with Gasteiger partial charge in [-0.3, -0.25) is 4.79 Å². The van der Waals surface area contributed by atoms with E-state index in [9.17, 15) is 4.79 Å². The topological polar surface area (TPSA) is 59.6 Å². The normalized spacial score (nSPS) is 15.6. The Labute approximate surface area is 193 Å². The molecule has 0 unspecified atom stereocenters. The van der Waals surface area contributed by atoms with Gasteiger partial charge in [-0.2, -0.15) is 0 Å². The fourth-order valence-electron chi connectivity index (χ4n) is 3.78. The van der Waals surface area contributed by atoms with Crippen molar-refractivity contribution >= 4 is 28.8 Å². The van der Waals surface area contributed by atoms with E-state index in [1.54, 1.807) is 7.11 Å². The average molecular weight is 445 g/mol. The highest BCUT2D eigenvalue weighted by Crippen LogP contribution is 2.37. The molecule has 4 rings (SSSR count). The lowest BCUT2D eigenvalue weighted by Crippen LogP contribution is -2.44. The SMILES string of the molecule is CCOc1ccc([C@H]2NC(=S)NC(c3ccccc3)=C2C(=O)c2ccccc2)cc1OC. The van der Waals surface area contributed by atoms with E-state index in [2.05, 4.69) is 10.6 Å². The molecule has 3 aromatic carbocycles. The fourth-order valence-corrected chi connectivity index (χ4v) is 4.00. The van der Waals surface area contributed by atoms with Crippen molar-refractivity contribution in [1.82, 2.24) is 10.6 Å². The Balaban J connectivity index is 1.90. The summed E-state index contributed by atoms with van der Waals surface area (Å²) in [5.41, 5.74) is 3.62.